The number of hydrogen-bond donors (Lipinski definition) is 1. The normalized spacial score (nSPS) is 10.7. The molecule has 0 unspecified atom stereocenters. The predicted octanol–water partition coefficient (Wildman–Crippen LogP) is 3.79. The molecule has 0 aliphatic heterocycles. The maximum absolute atomic E-state index is 12.9. The van der Waals surface area contributed by atoms with E-state index in [4.69, 9.17) is 0 Å². The third-order valence-corrected chi connectivity index (χ3v) is 4.11. The summed E-state index contributed by atoms with van der Waals surface area (Å²) in [6.07, 6.45) is 4.75. The van der Waals surface area contributed by atoms with Gasteiger partial charge in [-0.25, -0.2) is 4.39 Å². The van der Waals surface area contributed by atoms with Crippen molar-refractivity contribution in [3.8, 4) is 0 Å². The van der Waals surface area contributed by atoms with Crippen molar-refractivity contribution in [2.45, 2.75) is 12.2 Å². The molecule has 2 nitrogen and oxygen atoms in total. The van der Waals surface area contributed by atoms with Crippen molar-refractivity contribution in [2.24, 2.45) is 0 Å². The number of nitrogens with zero attached hydrogens (tertiary/aromatic N) is 1. The molecule has 0 atom stereocenters. The van der Waals surface area contributed by atoms with Gasteiger partial charge in [0.15, 0.2) is 0 Å². The van der Waals surface area contributed by atoms with Crippen LogP contribution in [-0.2, 0) is 12.2 Å². The zero-order chi connectivity index (χ0) is 12.1. The second kappa shape index (κ2) is 6.21. The minimum atomic E-state index is -0.205. The molecule has 17 heavy (non-hydrogen) atoms. The minimum absolute atomic E-state index is 0.205. The van der Waals surface area contributed by atoms with Gasteiger partial charge in [-0.15, -0.1) is 0 Å². The number of aromatic amines is 1. The lowest BCUT2D eigenvalue weighted by Gasteiger charge is -2.04. The molecule has 0 aliphatic rings. The number of aromatic nitrogens is 2. The van der Waals surface area contributed by atoms with E-state index in [1.807, 2.05) is 30.2 Å². The number of nitrogens with one attached hydrogen (secondary N) is 1. The van der Waals surface area contributed by atoms with E-state index in [0.717, 1.165) is 28.0 Å². The summed E-state index contributed by atoms with van der Waals surface area (Å²) in [6.45, 7) is 0. The van der Waals surface area contributed by atoms with E-state index >= 15 is 0 Å². The van der Waals surface area contributed by atoms with E-state index in [-0.39, 0.29) is 5.82 Å². The Labute approximate surface area is 112 Å². The molecule has 0 spiro atoms. The molecular formula is C12H12BrFN2S. The standard InChI is InChI=1S/C12H12BrFN2S/c13-12-5-11(14)2-1-10(12)8-17-4-3-9-6-15-16-7-9/h1-2,5-7H,3-4,8H2,(H,15,16). The van der Waals surface area contributed by atoms with Crippen molar-refractivity contribution >= 4 is 27.7 Å². The second-order valence-electron chi connectivity index (χ2n) is 3.64. The van der Waals surface area contributed by atoms with Gasteiger partial charge in [-0.1, -0.05) is 22.0 Å². The highest BCUT2D eigenvalue weighted by Gasteiger charge is 2.02. The highest BCUT2D eigenvalue weighted by atomic mass is 79.9. The fraction of sp³-hybridized carbons (Fsp3) is 0.250. The summed E-state index contributed by atoms with van der Waals surface area (Å²) in [6, 6.07) is 4.83. The van der Waals surface area contributed by atoms with Gasteiger partial charge in [-0.2, -0.15) is 16.9 Å². The number of H-pyrrole nitrogens is 1. The lowest BCUT2D eigenvalue weighted by atomic mass is 10.2. The zero-order valence-electron chi connectivity index (χ0n) is 9.12. The topological polar surface area (TPSA) is 28.7 Å². The summed E-state index contributed by atoms with van der Waals surface area (Å²) in [7, 11) is 0. The van der Waals surface area contributed by atoms with Crippen LogP contribution < -0.4 is 0 Å². The van der Waals surface area contributed by atoms with E-state index < -0.39 is 0 Å². The van der Waals surface area contributed by atoms with Gasteiger partial charge in [0.1, 0.15) is 5.82 Å². The molecule has 1 N–H and O–H groups in total. The Morgan fingerprint density at radius 3 is 3.00 bits per heavy atom. The van der Waals surface area contributed by atoms with Crippen LogP contribution in [0, 0.1) is 5.82 Å². The van der Waals surface area contributed by atoms with Gasteiger partial charge in [0.25, 0.3) is 0 Å². The van der Waals surface area contributed by atoms with Crippen molar-refractivity contribution in [3.05, 3.63) is 52.0 Å². The summed E-state index contributed by atoms with van der Waals surface area (Å²) in [4.78, 5) is 0. The fourth-order valence-electron chi connectivity index (χ4n) is 1.43. The molecule has 0 fully saturated rings. The summed E-state index contributed by atoms with van der Waals surface area (Å²) < 4.78 is 13.7. The molecule has 2 aromatic rings. The molecule has 5 heteroatoms. The molecule has 0 saturated heterocycles. The molecule has 0 radical (unpaired) electrons. The Morgan fingerprint density at radius 1 is 1.41 bits per heavy atom. The van der Waals surface area contributed by atoms with Crippen molar-refractivity contribution in [1.82, 2.24) is 10.2 Å². The third-order valence-electron chi connectivity index (χ3n) is 2.36. The molecule has 1 aromatic heterocycles. The van der Waals surface area contributed by atoms with Crippen LogP contribution in [0.3, 0.4) is 0 Å². The molecule has 0 saturated carbocycles. The summed E-state index contributed by atoms with van der Waals surface area (Å²) in [5, 5.41) is 6.69. The van der Waals surface area contributed by atoms with E-state index in [0.29, 0.717) is 0 Å². The average Bonchev–Trinajstić information content (AvgIpc) is 2.79. The van der Waals surface area contributed by atoms with Crippen LogP contribution in [0.5, 0.6) is 0 Å². The number of thioether (sulfide) groups is 1. The fourth-order valence-corrected chi connectivity index (χ4v) is 3.10. The van der Waals surface area contributed by atoms with E-state index in [9.17, 15) is 4.39 Å². The SMILES string of the molecule is Fc1ccc(CSCCc2cn[nH]c2)c(Br)c1. The molecule has 2 rings (SSSR count). The van der Waals surface area contributed by atoms with Crippen molar-refractivity contribution < 1.29 is 4.39 Å². The lowest BCUT2D eigenvalue weighted by molar-refractivity contribution is 0.626. The van der Waals surface area contributed by atoms with E-state index in [1.165, 1.54) is 17.7 Å². The Balaban J connectivity index is 1.78. The monoisotopic (exact) mass is 314 g/mol. The summed E-state index contributed by atoms with van der Waals surface area (Å²) in [5.74, 6) is 1.71. The maximum atomic E-state index is 12.9. The summed E-state index contributed by atoms with van der Waals surface area (Å²) in [5.41, 5.74) is 2.35. The first-order valence-corrected chi connectivity index (χ1v) is 7.20. The molecule has 0 amide bonds. The second-order valence-corrected chi connectivity index (χ2v) is 5.60. The van der Waals surface area contributed by atoms with Gasteiger partial charge in [0.2, 0.25) is 0 Å². The third kappa shape index (κ3) is 3.85. The first-order valence-electron chi connectivity index (χ1n) is 5.25. The van der Waals surface area contributed by atoms with Crippen molar-refractivity contribution in [2.75, 3.05) is 5.75 Å². The van der Waals surface area contributed by atoms with Crippen LogP contribution in [0.25, 0.3) is 0 Å². The van der Waals surface area contributed by atoms with Crippen LogP contribution >= 0.6 is 27.7 Å². The van der Waals surface area contributed by atoms with Crippen LogP contribution in [0.4, 0.5) is 4.39 Å². The maximum Gasteiger partial charge on any atom is 0.124 e. The van der Waals surface area contributed by atoms with Gasteiger partial charge in [0.05, 0.1) is 6.20 Å². The highest BCUT2D eigenvalue weighted by molar-refractivity contribution is 9.10. The number of benzene rings is 1. The molecule has 90 valence electrons. The van der Waals surface area contributed by atoms with Crippen LogP contribution in [0.2, 0.25) is 0 Å². The Hall–Kier alpha value is -0.810. The van der Waals surface area contributed by atoms with Crippen molar-refractivity contribution in [1.29, 1.82) is 0 Å². The molecular weight excluding hydrogens is 303 g/mol. The van der Waals surface area contributed by atoms with Gasteiger partial charge in [0, 0.05) is 16.4 Å². The predicted molar refractivity (Wildman–Crippen MR) is 72.6 cm³/mol. The van der Waals surface area contributed by atoms with Gasteiger partial charge in [-0.05, 0) is 35.4 Å². The van der Waals surface area contributed by atoms with Crippen molar-refractivity contribution in [3.63, 3.8) is 0 Å². The van der Waals surface area contributed by atoms with Crippen LogP contribution in [0.1, 0.15) is 11.1 Å². The smallest absolute Gasteiger partial charge is 0.124 e. The van der Waals surface area contributed by atoms with E-state index in [2.05, 4.69) is 26.1 Å². The number of aryl methyl sites for hydroxylation is 1. The molecule has 0 aliphatic carbocycles. The lowest BCUT2D eigenvalue weighted by Crippen LogP contribution is -1.89. The minimum Gasteiger partial charge on any atom is -0.285 e. The van der Waals surface area contributed by atoms with E-state index in [1.54, 1.807) is 0 Å². The van der Waals surface area contributed by atoms with Crippen LogP contribution in [-0.4, -0.2) is 16.0 Å². The highest BCUT2D eigenvalue weighted by Crippen LogP contribution is 2.23. The van der Waals surface area contributed by atoms with Gasteiger partial charge in [-0.3, -0.25) is 5.10 Å². The average molecular weight is 315 g/mol. The zero-order valence-corrected chi connectivity index (χ0v) is 11.5. The number of hydrogen-bond acceptors (Lipinski definition) is 2. The number of rotatable bonds is 5. The molecule has 0 bridgehead atoms. The Bertz CT molecular complexity index is 473. The first-order chi connectivity index (χ1) is 8.25. The molecule has 1 heterocycles. The first kappa shape index (κ1) is 12.6. The Kier molecular flexibility index (Phi) is 4.62. The van der Waals surface area contributed by atoms with Crippen LogP contribution in [0.15, 0.2) is 35.1 Å². The number of halogens is 2. The molecule has 1 aromatic carbocycles. The van der Waals surface area contributed by atoms with Gasteiger partial charge < -0.3 is 0 Å². The Morgan fingerprint density at radius 2 is 2.29 bits per heavy atom. The quantitative estimate of drug-likeness (QED) is 0.851. The largest absolute Gasteiger partial charge is 0.285 e. The van der Waals surface area contributed by atoms with Gasteiger partial charge >= 0.3 is 0 Å². The summed E-state index contributed by atoms with van der Waals surface area (Å²) >= 11 is 5.20.